The number of hydrogen-bond acceptors (Lipinski definition) is 3. The van der Waals surface area contributed by atoms with Crippen LogP contribution in [-0.4, -0.2) is 39.9 Å². The molecule has 0 aliphatic rings. The fourth-order valence-corrected chi connectivity index (χ4v) is 2.19. The molecule has 0 radical (unpaired) electrons. The second kappa shape index (κ2) is 7.84. The Hall–Kier alpha value is -1.63. The quantitative estimate of drug-likeness (QED) is 0.838. The lowest BCUT2D eigenvalue weighted by molar-refractivity contribution is -0.133. The maximum atomic E-state index is 13.1. The van der Waals surface area contributed by atoms with Crippen LogP contribution in [-0.2, 0) is 16.1 Å². The summed E-state index contributed by atoms with van der Waals surface area (Å²) in [6.07, 6.45) is 0. The molecular weight excluding hydrogens is 288 g/mol. The summed E-state index contributed by atoms with van der Waals surface area (Å²) in [5.74, 6) is -3.19. The first-order chi connectivity index (χ1) is 9.43. The van der Waals surface area contributed by atoms with Gasteiger partial charge in [0.2, 0.25) is 5.91 Å². The molecule has 0 saturated carbocycles. The lowest BCUT2D eigenvalue weighted by Crippen LogP contribution is -2.32. The summed E-state index contributed by atoms with van der Waals surface area (Å²) in [5, 5.41) is 8.49. The normalized spacial score (nSPS) is 10.3. The second-order valence-electron chi connectivity index (χ2n) is 4.04. The van der Waals surface area contributed by atoms with E-state index < -0.39 is 17.6 Å². The Morgan fingerprint density at radius 1 is 1.25 bits per heavy atom. The Labute approximate surface area is 119 Å². The molecule has 0 aromatic heterocycles. The molecule has 20 heavy (non-hydrogen) atoms. The molecule has 0 bridgehead atoms. The maximum absolute atomic E-state index is 13.1. The molecule has 0 heterocycles. The van der Waals surface area contributed by atoms with E-state index in [1.54, 1.807) is 6.92 Å². The van der Waals surface area contributed by atoms with Crippen molar-refractivity contribution >= 4 is 23.6 Å². The van der Waals surface area contributed by atoms with E-state index in [0.717, 1.165) is 23.9 Å². The molecule has 7 heteroatoms. The standard InChI is InChI=1S/C13H15F2NO3S/c1-2-16(12(17)7-20-8-13(18)19)6-9-3-4-10(14)11(15)5-9/h3-5H,2,6-8H2,1H3,(H,18,19). The van der Waals surface area contributed by atoms with Crippen LogP contribution in [0.2, 0.25) is 0 Å². The number of aliphatic carboxylic acids is 1. The highest BCUT2D eigenvalue weighted by molar-refractivity contribution is 8.00. The largest absolute Gasteiger partial charge is 0.481 e. The van der Waals surface area contributed by atoms with Gasteiger partial charge in [-0.15, -0.1) is 11.8 Å². The average Bonchev–Trinajstić information content (AvgIpc) is 2.39. The number of halogens is 2. The summed E-state index contributed by atoms with van der Waals surface area (Å²) < 4.78 is 25.9. The van der Waals surface area contributed by atoms with Crippen molar-refractivity contribution in [3.63, 3.8) is 0 Å². The summed E-state index contributed by atoms with van der Waals surface area (Å²) >= 11 is 1.00. The topological polar surface area (TPSA) is 57.6 Å². The Morgan fingerprint density at radius 3 is 2.50 bits per heavy atom. The number of thioether (sulfide) groups is 1. The van der Waals surface area contributed by atoms with E-state index >= 15 is 0 Å². The molecule has 0 fully saturated rings. The van der Waals surface area contributed by atoms with Crippen molar-refractivity contribution in [1.29, 1.82) is 0 Å². The highest BCUT2D eigenvalue weighted by Gasteiger charge is 2.14. The third-order valence-corrected chi connectivity index (χ3v) is 3.45. The van der Waals surface area contributed by atoms with Gasteiger partial charge in [-0.05, 0) is 24.6 Å². The fourth-order valence-electron chi connectivity index (χ4n) is 1.55. The number of carbonyl (C=O) groups is 2. The number of amides is 1. The van der Waals surface area contributed by atoms with Gasteiger partial charge < -0.3 is 10.0 Å². The van der Waals surface area contributed by atoms with Gasteiger partial charge >= 0.3 is 5.97 Å². The monoisotopic (exact) mass is 303 g/mol. The van der Waals surface area contributed by atoms with Crippen molar-refractivity contribution in [2.24, 2.45) is 0 Å². The van der Waals surface area contributed by atoms with Crippen LogP contribution in [0.1, 0.15) is 12.5 Å². The highest BCUT2D eigenvalue weighted by atomic mass is 32.2. The summed E-state index contributed by atoms with van der Waals surface area (Å²) in [6, 6.07) is 3.48. The lowest BCUT2D eigenvalue weighted by atomic mass is 10.2. The molecule has 110 valence electrons. The molecule has 0 saturated heterocycles. The van der Waals surface area contributed by atoms with E-state index in [2.05, 4.69) is 0 Å². The van der Waals surface area contributed by atoms with Crippen LogP contribution in [0.4, 0.5) is 8.78 Å². The molecular formula is C13H15F2NO3S. The predicted molar refractivity (Wildman–Crippen MR) is 72.4 cm³/mol. The van der Waals surface area contributed by atoms with Gasteiger partial charge in [-0.1, -0.05) is 6.07 Å². The Kier molecular flexibility index (Phi) is 6.44. The van der Waals surface area contributed by atoms with Crippen molar-refractivity contribution < 1.29 is 23.5 Å². The first kappa shape index (κ1) is 16.4. The Bertz CT molecular complexity index is 497. The van der Waals surface area contributed by atoms with Gasteiger partial charge in [0, 0.05) is 13.1 Å². The number of carbonyl (C=O) groups excluding carboxylic acids is 1. The van der Waals surface area contributed by atoms with Crippen molar-refractivity contribution in [3.05, 3.63) is 35.4 Å². The van der Waals surface area contributed by atoms with Crippen LogP contribution in [0, 0.1) is 11.6 Å². The molecule has 0 aliphatic carbocycles. The Balaban J connectivity index is 2.59. The van der Waals surface area contributed by atoms with E-state index in [9.17, 15) is 18.4 Å². The van der Waals surface area contributed by atoms with E-state index in [1.165, 1.54) is 11.0 Å². The van der Waals surface area contributed by atoms with Gasteiger partial charge in [0.1, 0.15) is 0 Å². The molecule has 0 spiro atoms. The lowest BCUT2D eigenvalue weighted by Gasteiger charge is -2.20. The second-order valence-corrected chi connectivity index (χ2v) is 5.03. The molecule has 0 unspecified atom stereocenters. The summed E-state index contributed by atoms with van der Waals surface area (Å²) in [5.41, 5.74) is 0.488. The van der Waals surface area contributed by atoms with E-state index in [-0.39, 0.29) is 24.0 Å². The van der Waals surface area contributed by atoms with Crippen LogP contribution in [0.5, 0.6) is 0 Å². The van der Waals surface area contributed by atoms with Crippen molar-refractivity contribution in [2.75, 3.05) is 18.1 Å². The highest BCUT2D eigenvalue weighted by Crippen LogP contribution is 2.12. The van der Waals surface area contributed by atoms with Gasteiger partial charge in [-0.25, -0.2) is 8.78 Å². The summed E-state index contributed by atoms with van der Waals surface area (Å²) in [7, 11) is 0. The molecule has 0 aliphatic heterocycles. The smallest absolute Gasteiger partial charge is 0.313 e. The summed E-state index contributed by atoms with van der Waals surface area (Å²) in [4.78, 5) is 23.7. The number of benzene rings is 1. The number of carboxylic acids is 1. The SMILES string of the molecule is CCN(Cc1ccc(F)c(F)c1)C(=O)CSCC(=O)O. The minimum absolute atomic E-state index is 0.0455. The van der Waals surface area contributed by atoms with Gasteiger partial charge in [0.15, 0.2) is 11.6 Å². The van der Waals surface area contributed by atoms with Gasteiger partial charge in [-0.2, -0.15) is 0 Å². The first-order valence-electron chi connectivity index (χ1n) is 5.95. The van der Waals surface area contributed by atoms with E-state index in [1.807, 2.05) is 0 Å². The average molecular weight is 303 g/mol. The van der Waals surface area contributed by atoms with Crippen molar-refractivity contribution in [3.8, 4) is 0 Å². The minimum atomic E-state index is -0.980. The molecule has 1 amide bonds. The van der Waals surface area contributed by atoms with Gasteiger partial charge in [0.05, 0.1) is 11.5 Å². The predicted octanol–water partition coefficient (Wildman–Crippen LogP) is 2.13. The number of carboxylic acid groups (broad SMARTS) is 1. The number of rotatable bonds is 7. The van der Waals surface area contributed by atoms with E-state index in [0.29, 0.717) is 12.1 Å². The molecule has 0 atom stereocenters. The van der Waals surface area contributed by atoms with Crippen LogP contribution in [0.3, 0.4) is 0 Å². The first-order valence-corrected chi connectivity index (χ1v) is 7.10. The zero-order valence-corrected chi connectivity index (χ0v) is 11.8. The Morgan fingerprint density at radius 2 is 1.95 bits per heavy atom. The summed E-state index contributed by atoms with van der Waals surface area (Å²) in [6.45, 7) is 2.34. The molecule has 1 N–H and O–H groups in total. The molecule has 4 nitrogen and oxygen atoms in total. The van der Waals surface area contributed by atoms with Crippen LogP contribution in [0.25, 0.3) is 0 Å². The van der Waals surface area contributed by atoms with Crippen LogP contribution < -0.4 is 0 Å². The number of hydrogen-bond donors (Lipinski definition) is 1. The third-order valence-electron chi connectivity index (χ3n) is 2.54. The molecule has 1 rings (SSSR count). The zero-order valence-electron chi connectivity index (χ0n) is 10.9. The minimum Gasteiger partial charge on any atom is -0.481 e. The van der Waals surface area contributed by atoms with Crippen molar-refractivity contribution in [2.45, 2.75) is 13.5 Å². The van der Waals surface area contributed by atoms with Gasteiger partial charge in [0.25, 0.3) is 0 Å². The molecule has 1 aromatic carbocycles. The van der Waals surface area contributed by atoms with Crippen LogP contribution in [0.15, 0.2) is 18.2 Å². The maximum Gasteiger partial charge on any atom is 0.313 e. The third kappa shape index (κ3) is 5.16. The zero-order chi connectivity index (χ0) is 15.1. The number of nitrogens with zero attached hydrogens (tertiary/aromatic N) is 1. The molecule has 1 aromatic rings. The van der Waals surface area contributed by atoms with Crippen molar-refractivity contribution in [1.82, 2.24) is 4.90 Å². The van der Waals surface area contributed by atoms with Crippen LogP contribution >= 0.6 is 11.8 Å². The fraction of sp³-hybridized carbons (Fsp3) is 0.385. The van der Waals surface area contributed by atoms with Gasteiger partial charge in [-0.3, -0.25) is 9.59 Å². The van der Waals surface area contributed by atoms with E-state index in [4.69, 9.17) is 5.11 Å².